The number of amides is 3. The molecule has 1 aliphatic carbocycles. The summed E-state index contributed by atoms with van der Waals surface area (Å²) in [4.78, 5) is 45.6. The standard InChI is InChI=1S/C31H35FN4O4/c1-40-26-19-17-25(18-20-26)36(29(38)12-7-11-28(37)35-27-10-5-6-21-33-27)30(22-13-15-23(32)16-14-22)31(39)34-24-8-3-2-4-9-24/h5-6,10,13-21,24,30H,2-4,7-9,11-12H2,1H3,(H,34,39)(H,33,35,37)/t30-/m1/s1. The van der Waals surface area contributed by atoms with E-state index < -0.39 is 11.9 Å². The minimum Gasteiger partial charge on any atom is -0.497 e. The quantitative estimate of drug-likeness (QED) is 0.328. The number of hydrogen-bond donors (Lipinski definition) is 2. The van der Waals surface area contributed by atoms with Crippen LogP contribution in [-0.4, -0.2) is 35.9 Å². The van der Waals surface area contributed by atoms with Gasteiger partial charge in [-0.2, -0.15) is 0 Å². The molecule has 4 rings (SSSR count). The van der Waals surface area contributed by atoms with Crippen LogP contribution in [0, 0.1) is 5.82 Å². The molecule has 8 nitrogen and oxygen atoms in total. The lowest BCUT2D eigenvalue weighted by Gasteiger charge is -2.33. The fourth-order valence-electron chi connectivity index (χ4n) is 4.93. The first-order valence-corrected chi connectivity index (χ1v) is 13.7. The lowest BCUT2D eigenvalue weighted by atomic mass is 9.94. The van der Waals surface area contributed by atoms with Crippen LogP contribution in [0.4, 0.5) is 15.9 Å². The van der Waals surface area contributed by atoms with Gasteiger partial charge in [0.25, 0.3) is 0 Å². The van der Waals surface area contributed by atoms with Gasteiger partial charge in [0.05, 0.1) is 7.11 Å². The number of aromatic nitrogens is 1. The molecule has 210 valence electrons. The molecule has 0 saturated heterocycles. The molecule has 9 heteroatoms. The molecule has 1 aliphatic rings. The molecule has 0 spiro atoms. The summed E-state index contributed by atoms with van der Waals surface area (Å²) < 4.78 is 19.1. The first-order chi connectivity index (χ1) is 19.4. The monoisotopic (exact) mass is 546 g/mol. The second-order valence-electron chi connectivity index (χ2n) is 9.88. The van der Waals surface area contributed by atoms with Crippen molar-refractivity contribution in [3.8, 4) is 5.75 Å². The third-order valence-electron chi connectivity index (χ3n) is 6.99. The van der Waals surface area contributed by atoms with E-state index in [0.717, 1.165) is 32.1 Å². The molecule has 1 saturated carbocycles. The van der Waals surface area contributed by atoms with Gasteiger partial charge in [0.1, 0.15) is 23.4 Å². The Bertz CT molecular complexity index is 1260. The molecule has 40 heavy (non-hydrogen) atoms. The number of halogens is 1. The highest BCUT2D eigenvalue weighted by Crippen LogP contribution is 2.31. The molecular weight excluding hydrogens is 511 g/mol. The lowest BCUT2D eigenvalue weighted by Crippen LogP contribution is -2.47. The van der Waals surface area contributed by atoms with Crippen molar-refractivity contribution >= 4 is 29.2 Å². The highest BCUT2D eigenvalue weighted by atomic mass is 19.1. The zero-order valence-electron chi connectivity index (χ0n) is 22.6. The number of methoxy groups -OCH3 is 1. The predicted molar refractivity (Wildman–Crippen MR) is 151 cm³/mol. The van der Waals surface area contributed by atoms with E-state index >= 15 is 0 Å². The van der Waals surface area contributed by atoms with Crippen molar-refractivity contribution in [2.24, 2.45) is 0 Å². The molecule has 0 unspecified atom stereocenters. The number of carbonyl (C=O) groups excluding carboxylic acids is 3. The Balaban J connectivity index is 1.58. The third kappa shape index (κ3) is 7.88. The molecule has 1 fully saturated rings. The van der Waals surface area contributed by atoms with Crippen molar-refractivity contribution in [3.63, 3.8) is 0 Å². The molecule has 0 aliphatic heterocycles. The fourth-order valence-corrected chi connectivity index (χ4v) is 4.93. The van der Waals surface area contributed by atoms with Crippen molar-refractivity contribution in [1.82, 2.24) is 10.3 Å². The summed E-state index contributed by atoms with van der Waals surface area (Å²) in [6.45, 7) is 0. The second kappa shape index (κ2) is 14.2. The zero-order chi connectivity index (χ0) is 28.3. The number of benzene rings is 2. The number of rotatable bonds is 11. The predicted octanol–water partition coefficient (Wildman–Crippen LogP) is 5.56. The molecule has 2 aromatic carbocycles. The molecule has 1 atom stereocenters. The summed E-state index contributed by atoms with van der Waals surface area (Å²) in [5, 5.41) is 5.86. The summed E-state index contributed by atoms with van der Waals surface area (Å²) in [6, 6.07) is 16.7. The number of nitrogens with zero attached hydrogens (tertiary/aromatic N) is 2. The Morgan fingerprint density at radius 2 is 1.70 bits per heavy atom. The van der Waals surface area contributed by atoms with Crippen molar-refractivity contribution in [2.75, 3.05) is 17.3 Å². The van der Waals surface area contributed by atoms with Gasteiger partial charge in [-0.25, -0.2) is 9.37 Å². The summed E-state index contributed by atoms with van der Waals surface area (Å²) in [7, 11) is 1.55. The number of carbonyl (C=O) groups is 3. The minimum atomic E-state index is -1.02. The maximum atomic E-state index is 13.9. The first-order valence-electron chi connectivity index (χ1n) is 13.7. The third-order valence-corrected chi connectivity index (χ3v) is 6.99. The Kier molecular flexibility index (Phi) is 10.2. The maximum absolute atomic E-state index is 13.9. The van der Waals surface area contributed by atoms with Gasteiger partial charge in [-0.3, -0.25) is 19.3 Å². The molecule has 3 aromatic rings. The van der Waals surface area contributed by atoms with Crippen LogP contribution in [0.2, 0.25) is 0 Å². The van der Waals surface area contributed by atoms with E-state index in [4.69, 9.17) is 4.74 Å². The summed E-state index contributed by atoms with van der Waals surface area (Å²) >= 11 is 0. The van der Waals surface area contributed by atoms with Crippen molar-refractivity contribution < 1.29 is 23.5 Å². The second-order valence-corrected chi connectivity index (χ2v) is 9.88. The maximum Gasteiger partial charge on any atom is 0.248 e. The average Bonchev–Trinajstić information content (AvgIpc) is 2.97. The highest BCUT2D eigenvalue weighted by Gasteiger charge is 2.34. The minimum absolute atomic E-state index is 0.0207. The molecule has 2 N–H and O–H groups in total. The van der Waals surface area contributed by atoms with Gasteiger partial charge in [0.15, 0.2) is 0 Å². The fraction of sp³-hybridized carbons (Fsp3) is 0.355. The largest absolute Gasteiger partial charge is 0.497 e. The van der Waals surface area contributed by atoms with Gasteiger partial charge < -0.3 is 15.4 Å². The van der Waals surface area contributed by atoms with Crippen molar-refractivity contribution in [2.45, 2.75) is 63.5 Å². The van der Waals surface area contributed by atoms with E-state index in [0.29, 0.717) is 22.8 Å². The van der Waals surface area contributed by atoms with Crippen LogP contribution < -0.4 is 20.3 Å². The Labute approximate surface area is 233 Å². The molecular formula is C31H35FN4O4. The van der Waals surface area contributed by atoms with E-state index in [2.05, 4.69) is 15.6 Å². The van der Waals surface area contributed by atoms with Crippen LogP contribution in [0.1, 0.15) is 63.0 Å². The van der Waals surface area contributed by atoms with Crippen molar-refractivity contribution in [3.05, 3.63) is 84.3 Å². The van der Waals surface area contributed by atoms with Crippen LogP contribution in [0.25, 0.3) is 0 Å². The Morgan fingerprint density at radius 3 is 2.35 bits per heavy atom. The van der Waals surface area contributed by atoms with E-state index in [1.165, 1.54) is 29.2 Å². The SMILES string of the molecule is COc1ccc(N(C(=O)CCCC(=O)Nc2ccccn2)[C@@H](C(=O)NC2CCCCC2)c2ccc(F)cc2)cc1. The van der Waals surface area contributed by atoms with Gasteiger partial charge in [0, 0.05) is 30.8 Å². The first kappa shape index (κ1) is 28.7. The number of nitrogens with one attached hydrogen (secondary N) is 2. The van der Waals surface area contributed by atoms with E-state index in [-0.39, 0.29) is 43.0 Å². The van der Waals surface area contributed by atoms with Gasteiger partial charge in [-0.15, -0.1) is 0 Å². The highest BCUT2D eigenvalue weighted by molar-refractivity contribution is 6.01. The van der Waals surface area contributed by atoms with E-state index in [9.17, 15) is 18.8 Å². The number of hydrogen-bond acceptors (Lipinski definition) is 5. The average molecular weight is 547 g/mol. The Hall–Kier alpha value is -4.27. The number of ether oxygens (including phenoxy) is 1. The number of anilines is 2. The normalized spacial score (nSPS) is 14.2. The number of pyridine rings is 1. The van der Waals surface area contributed by atoms with Crippen LogP contribution >= 0.6 is 0 Å². The molecule has 1 aromatic heterocycles. The summed E-state index contributed by atoms with van der Waals surface area (Å²) in [5.74, 6) is -0.301. The molecule has 1 heterocycles. The van der Waals surface area contributed by atoms with Crippen LogP contribution in [0.3, 0.4) is 0 Å². The van der Waals surface area contributed by atoms with Crippen molar-refractivity contribution in [1.29, 1.82) is 0 Å². The molecule has 0 bridgehead atoms. The van der Waals surface area contributed by atoms with Crippen LogP contribution in [0.5, 0.6) is 5.75 Å². The summed E-state index contributed by atoms with van der Waals surface area (Å²) in [5.41, 5.74) is 0.989. The van der Waals surface area contributed by atoms with E-state index in [1.54, 1.807) is 55.8 Å². The van der Waals surface area contributed by atoms with Crippen LogP contribution in [0.15, 0.2) is 72.9 Å². The lowest BCUT2D eigenvalue weighted by molar-refractivity contribution is -0.127. The van der Waals surface area contributed by atoms with Gasteiger partial charge in [-0.05, 0) is 73.4 Å². The molecule has 3 amide bonds. The Morgan fingerprint density at radius 1 is 0.975 bits per heavy atom. The zero-order valence-corrected chi connectivity index (χ0v) is 22.6. The molecule has 0 radical (unpaired) electrons. The van der Waals surface area contributed by atoms with Gasteiger partial charge >= 0.3 is 0 Å². The van der Waals surface area contributed by atoms with Gasteiger partial charge in [-0.1, -0.05) is 37.5 Å². The van der Waals surface area contributed by atoms with E-state index in [1.807, 2.05) is 0 Å². The van der Waals surface area contributed by atoms with Crippen LogP contribution in [-0.2, 0) is 14.4 Å². The topological polar surface area (TPSA) is 101 Å². The summed E-state index contributed by atoms with van der Waals surface area (Å²) in [6.07, 6.45) is 6.95. The smallest absolute Gasteiger partial charge is 0.248 e. The van der Waals surface area contributed by atoms with Gasteiger partial charge in [0.2, 0.25) is 17.7 Å².